The number of aromatic hydroxyl groups is 1. The Hall–Kier alpha value is -2.31. The lowest BCUT2D eigenvalue weighted by Crippen LogP contribution is -2.33. The first kappa shape index (κ1) is 18.5. The minimum atomic E-state index is 0.0780. The minimum Gasteiger partial charge on any atom is -0.507 e. The van der Waals surface area contributed by atoms with E-state index in [-0.39, 0.29) is 10.8 Å². The van der Waals surface area contributed by atoms with Gasteiger partial charge < -0.3 is 5.11 Å². The normalized spacial score (nSPS) is 17.3. The van der Waals surface area contributed by atoms with Gasteiger partial charge in [-0.15, -0.1) is 0 Å². The average molecular weight is 348 g/mol. The van der Waals surface area contributed by atoms with E-state index in [2.05, 4.69) is 39.8 Å². The summed E-state index contributed by atoms with van der Waals surface area (Å²) in [4.78, 5) is 10.8. The van der Waals surface area contributed by atoms with Gasteiger partial charge in [0.2, 0.25) is 0 Å². The molecule has 2 heteroatoms. The Morgan fingerprint density at radius 1 is 1.04 bits per heavy atom. The van der Waals surface area contributed by atoms with Crippen LogP contribution < -0.4 is 0 Å². The first-order valence-corrected chi connectivity index (χ1v) is 9.32. The first-order chi connectivity index (χ1) is 12.1. The maximum absolute atomic E-state index is 10.8. The number of phenolic OH excluding ortho intramolecular Hbond substituents is 1. The summed E-state index contributed by atoms with van der Waals surface area (Å²) < 4.78 is 0. The highest BCUT2D eigenvalue weighted by Crippen LogP contribution is 2.49. The second-order valence-electron chi connectivity index (χ2n) is 8.94. The fourth-order valence-electron chi connectivity index (χ4n) is 4.02. The third kappa shape index (κ3) is 3.34. The molecule has 2 aromatic rings. The van der Waals surface area contributed by atoms with Crippen LogP contribution in [0.25, 0.3) is 11.1 Å². The van der Waals surface area contributed by atoms with Crippen molar-refractivity contribution in [3.05, 3.63) is 58.7 Å². The quantitative estimate of drug-likeness (QED) is 0.719. The molecule has 0 atom stereocenters. The summed E-state index contributed by atoms with van der Waals surface area (Å²) in [7, 11) is 0. The lowest BCUT2D eigenvalue weighted by atomic mass is 9.62. The zero-order valence-corrected chi connectivity index (χ0v) is 16.4. The summed E-state index contributed by atoms with van der Waals surface area (Å²) in [5.41, 5.74) is 6.35. The molecular formula is C24H28O2. The predicted molar refractivity (Wildman–Crippen MR) is 107 cm³/mol. The molecule has 0 spiro atoms. The molecule has 26 heavy (non-hydrogen) atoms. The summed E-state index contributed by atoms with van der Waals surface area (Å²) in [6.45, 7) is 10.9. The van der Waals surface area contributed by atoms with Crippen LogP contribution in [-0.2, 0) is 22.0 Å². The molecule has 0 saturated carbocycles. The number of hydrogen-bond acceptors (Lipinski definition) is 2. The highest BCUT2D eigenvalue weighted by atomic mass is 16.3. The molecule has 2 nitrogen and oxygen atoms in total. The molecular weight excluding hydrogens is 320 g/mol. The molecule has 1 aliphatic rings. The number of rotatable bonds is 3. The molecule has 0 radical (unpaired) electrons. The maximum Gasteiger partial charge on any atom is 0.123 e. The number of fused-ring (bicyclic) bond motifs is 1. The molecule has 2 aromatic carbocycles. The highest BCUT2D eigenvalue weighted by molar-refractivity contribution is 5.73. The van der Waals surface area contributed by atoms with Gasteiger partial charge in [-0.25, -0.2) is 4.79 Å². The third-order valence-corrected chi connectivity index (χ3v) is 5.85. The lowest BCUT2D eigenvalue weighted by molar-refractivity contribution is 0.330. The largest absolute Gasteiger partial charge is 0.507 e. The molecule has 0 heterocycles. The van der Waals surface area contributed by atoms with Crippen molar-refractivity contribution >= 4 is 5.94 Å². The topological polar surface area (TPSA) is 37.3 Å². The summed E-state index contributed by atoms with van der Waals surface area (Å²) in [5.74, 6) is 2.29. The van der Waals surface area contributed by atoms with E-state index in [1.54, 1.807) is 6.92 Å². The van der Waals surface area contributed by atoms with Crippen LogP contribution in [0.2, 0.25) is 0 Å². The molecule has 0 unspecified atom stereocenters. The van der Waals surface area contributed by atoms with Crippen molar-refractivity contribution in [2.75, 3.05) is 0 Å². The Kier molecular flexibility index (Phi) is 4.58. The van der Waals surface area contributed by atoms with Gasteiger partial charge in [0.05, 0.1) is 0 Å². The Balaban J connectivity index is 2.13. The third-order valence-electron chi connectivity index (χ3n) is 5.85. The van der Waals surface area contributed by atoms with Gasteiger partial charge in [0.1, 0.15) is 11.7 Å². The molecule has 1 aliphatic carbocycles. The Labute approximate surface area is 156 Å². The fraction of sp³-hybridized carbons (Fsp3) is 0.417. The highest BCUT2D eigenvalue weighted by Gasteiger charge is 2.37. The number of benzene rings is 2. The standard InChI is InChI=1S/C24H28O2/c1-16(15-25)11-17-7-6-8-18(12-17)19-13-20-21(14-22(19)26)24(4,5)10-9-23(20,2)3/h6-8,12-14,26H,9-11H2,1-5H3. The molecule has 1 N–H and O–H groups in total. The van der Waals surface area contributed by atoms with Gasteiger partial charge in [0, 0.05) is 17.6 Å². The van der Waals surface area contributed by atoms with Crippen molar-refractivity contribution in [3.8, 4) is 16.9 Å². The summed E-state index contributed by atoms with van der Waals surface area (Å²) >= 11 is 0. The molecule has 0 amide bonds. The van der Waals surface area contributed by atoms with Gasteiger partial charge in [-0.05, 0) is 65.0 Å². The SMILES string of the molecule is CC(=C=O)Cc1cccc(-c2cc3c(cc2O)C(C)(C)CCC3(C)C)c1. The van der Waals surface area contributed by atoms with E-state index in [1.807, 2.05) is 30.2 Å². The second-order valence-corrected chi connectivity index (χ2v) is 8.94. The second kappa shape index (κ2) is 6.45. The van der Waals surface area contributed by atoms with E-state index in [9.17, 15) is 9.90 Å². The van der Waals surface area contributed by atoms with Crippen LogP contribution >= 0.6 is 0 Å². The van der Waals surface area contributed by atoms with Gasteiger partial charge in [0.15, 0.2) is 0 Å². The van der Waals surface area contributed by atoms with Crippen molar-refractivity contribution in [1.82, 2.24) is 0 Å². The van der Waals surface area contributed by atoms with Gasteiger partial charge in [-0.2, -0.15) is 0 Å². The van der Waals surface area contributed by atoms with Crippen LogP contribution in [0, 0.1) is 0 Å². The number of carbonyl (C=O) groups excluding carboxylic acids is 1. The molecule has 0 aliphatic heterocycles. The van der Waals surface area contributed by atoms with E-state index < -0.39 is 0 Å². The average Bonchev–Trinajstić information content (AvgIpc) is 2.59. The van der Waals surface area contributed by atoms with Crippen LogP contribution in [0.5, 0.6) is 5.75 Å². The monoisotopic (exact) mass is 348 g/mol. The van der Waals surface area contributed by atoms with E-state index >= 15 is 0 Å². The van der Waals surface area contributed by atoms with E-state index in [4.69, 9.17) is 0 Å². The fourth-order valence-corrected chi connectivity index (χ4v) is 4.02. The molecule has 0 saturated heterocycles. The minimum absolute atomic E-state index is 0.0780. The van der Waals surface area contributed by atoms with Crippen LogP contribution in [-0.4, -0.2) is 11.0 Å². The molecule has 0 aromatic heterocycles. The van der Waals surface area contributed by atoms with E-state index in [0.717, 1.165) is 29.5 Å². The smallest absolute Gasteiger partial charge is 0.123 e. The zero-order chi connectivity index (χ0) is 19.1. The van der Waals surface area contributed by atoms with E-state index in [0.29, 0.717) is 17.7 Å². The Bertz CT molecular complexity index is 896. The van der Waals surface area contributed by atoms with Crippen molar-refractivity contribution in [2.45, 2.75) is 64.7 Å². The molecule has 0 fully saturated rings. The molecule has 0 bridgehead atoms. The van der Waals surface area contributed by atoms with Crippen molar-refractivity contribution in [2.24, 2.45) is 0 Å². The number of hydrogen-bond donors (Lipinski definition) is 1. The van der Waals surface area contributed by atoms with E-state index in [1.165, 1.54) is 11.1 Å². The lowest BCUT2D eigenvalue weighted by Gasteiger charge is -2.42. The van der Waals surface area contributed by atoms with Crippen molar-refractivity contribution in [1.29, 1.82) is 0 Å². The Morgan fingerprint density at radius 3 is 2.27 bits per heavy atom. The van der Waals surface area contributed by atoms with Crippen LogP contribution in [0.3, 0.4) is 0 Å². The van der Waals surface area contributed by atoms with Crippen molar-refractivity contribution < 1.29 is 9.90 Å². The first-order valence-electron chi connectivity index (χ1n) is 9.32. The Morgan fingerprint density at radius 2 is 1.65 bits per heavy atom. The van der Waals surface area contributed by atoms with Crippen molar-refractivity contribution in [3.63, 3.8) is 0 Å². The zero-order valence-electron chi connectivity index (χ0n) is 16.4. The van der Waals surface area contributed by atoms with Crippen LogP contribution in [0.1, 0.15) is 64.2 Å². The number of phenols is 1. The van der Waals surface area contributed by atoms with Gasteiger partial charge >= 0.3 is 0 Å². The van der Waals surface area contributed by atoms with Crippen LogP contribution in [0.4, 0.5) is 0 Å². The maximum atomic E-state index is 10.8. The number of allylic oxidation sites excluding steroid dienone is 1. The summed E-state index contributed by atoms with van der Waals surface area (Å²) in [5, 5.41) is 10.8. The molecule has 136 valence electrons. The summed E-state index contributed by atoms with van der Waals surface area (Å²) in [6, 6.07) is 12.2. The van der Waals surface area contributed by atoms with Crippen LogP contribution in [0.15, 0.2) is 42.0 Å². The predicted octanol–water partition coefficient (Wildman–Crippen LogP) is 5.73. The van der Waals surface area contributed by atoms with Gasteiger partial charge in [-0.1, -0.05) is 52.0 Å². The summed E-state index contributed by atoms with van der Waals surface area (Å²) in [6.07, 6.45) is 2.85. The van der Waals surface area contributed by atoms with Gasteiger partial charge in [0.25, 0.3) is 0 Å². The molecule has 3 rings (SSSR count). The van der Waals surface area contributed by atoms with Gasteiger partial charge in [-0.3, -0.25) is 0 Å².